The highest BCUT2D eigenvalue weighted by molar-refractivity contribution is 5.96. The van der Waals surface area contributed by atoms with Crippen LogP contribution < -0.4 is 36.6 Å². The van der Waals surface area contributed by atoms with Gasteiger partial charge in [0.2, 0.25) is 35.4 Å². The van der Waals surface area contributed by atoms with Crippen LogP contribution in [0.4, 0.5) is 0 Å². The predicted molar refractivity (Wildman–Crippen MR) is 312 cm³/mol. The molecule has 4 aliphatic rings. The molecule has 0 saturated carbocycles. The van der Waals surface area contributed by atoms with Gasteiger partial charge >= 0.3 is 5.97 Å². The van der Waals surface area contributed by atoms with Gasteiger partial charge in [-0.2, -0.15) is 0 Å². The lowest BCUT2D eigenvalue weighted by Crippen LogP contribution is -2.62. The number of hydrogen-bond donors (Lipinski definition) is 6. The predicted octanol–water partition coefficient (Wildman–Crippen LogP) is 6.84. The number of likely N-dealkylation sites (tertiary alicyclic amines) is 1. The van der Waals surface area contributed by atoms with E-state index in [4.69, 9.17) is 9.47 Å². The molecule has 17 heteroatoms. The summed E-state index contributed by atoms with van der Waals surface area (Å²) in [5, 5.41) is 18.3. The Labute approximate surface area is 478 Å². The fraction of sp³-hybridized carbons (Fsp3) is 0.516. The standard InChI is InChI=1S/C64H86N8O9/c1-39-19-13-12-14-23-47(24-17-20-39)67-58(75)53-35-49(37-72(53)61(78)55(64(7,8)9)70-57(74)41(3)66-11)80-38-42-27-29-44(30-28-42)62(79)81-48-32-31-45-34-52(59(76)68-51-26-18-22-43-21-15-16-25-50(43)51)71(36-46(45)33-48)60(77)54(63(4,5)6)69-56(73)40(2)65-10/h12-16,19,21,25,27-33,40-41,47,49,51-55,65-66H,1,17-18,20,22-24,26,34-38H2,2-11H3,(H,67,75)(H,68,76)(H,69,73)(H,70,74)/b14-12-,19-13-/t40-,41-,47-,49-,51+,52-,53-,54+,55+/m0/s1. The highest BCUT2D eigenvalue weighted by Gasteiger charge is 2.47. The van der Waals surface area contributed by atoms with Crippen molar-refractivity contribution in [2.45, 2.75) is 181 Å². The lowest BCUT2D eigenvalue weighted by atomic mass is 9.83. The third-order valence-electron chi connectivity index (χ3n) is 16.2. The van der Waals surface area contributed by atoms with Gasteiger partial charge in [-0.1, -0.05) is 120 Å². The molecule has 0 unspecified atom stereocenters. The zero-order valence-electron chi connectivity index (χ0n) is 49.1. The van der Waals surface area contributed by atoms with Crippen molar-refractivity contribution >= 4 is 41.4 Å². The first-order valence-corrected chi connectivity index (χ1v) is 28.8. The molecule has 2 aliphatic carbocycles. The Morgan fingerprint density at radius 1 is 0.704 bits per heavy atom. The van der Waals surface area contributed by atoms with E-state index in [0.29, 0.717) is 12.0 Å². The first-order chi connectivity index (χ1) is 38.4. The van der Waals surface area contributed by atoms with Crippen LogP contribution in [0.25, 0.3) is 0 Å². The van der Waals surface area contributed by atoms with Gasteiger partial charge < -0.3 is 51.2 Å². The Bertz CT molecular complexity index is 2850. The topological polar surface area (TPSA) is 217 Å². The number of likely N-dealkylation sites (N-methyl/N-ethyl adjacent to an activating group) is 2. The molecule has 3 aromatic carbocycles. The zero-order chi connectivity index (χ0) is 58.8. The number of esters is 1. The van der Waals surface area contributed by atoms with Gasteiger partial charge in [-0.3, -0.25) is 28.8 Å². The maximum Gasteiger partial charge on any atom is 0.343 e. The van der Waals surface area contributed by atoms with Gasteiger partial charge in [-0.25, -0.2) is 4.79 Å². The van der Waals surface area contributed by atoms with Crippen LogP contribution >= 0.6 is 0 Å². The van der Waals surface area contributed by atoms with E-state index in [2.05, 4.69) is 44.5 Å². The van der Waals surface area contributed by atoms with Crippen molar-refractivity contribution < 1.29 is 43.0 Å². The normalized spacial score (nSPS) is 22.5. The molecule has 1 fully saturated rings. The van der Waals surface area contributed by atoms with Crippen LogP contribution in [0.15, 0.2) is 103 Å². The minimum atomic E-state index is -0.963. The Kier molecular flexibility index (Phi) is 20.7. The summed E-state index contributed by atoms with van der Waals surface area (Å²) in [5.41, 5.74) is 4.45. The van der Waals surface area contributed by atoms with Crippen LogP contribution in [0.5, 0.6) is 5.75 Å². The van der Waals surface area contributed by atoms with Crippen molar-refractivity contribution in [1.29, 1.82) is 0 Å². The van der Waals surface area contributed by atoms with Gasteiger partial charge in [0.25, 0.3) is 0 Å². The van der Waals surface area contributed by atoms with Crippen LogP contribution in [-0.2, 0) is 59.5 Å². The number of rotatable bonds is 17. The van der Waals surface area contributed by atoms with E-state index >= 15 is 0 Å². The van der Waals surface area contributed by atoms with Crippen LogP contribution in [0.2, 0.25) is 0 Å². The molecule has 436 valence electrons. The number of benzene rings is 3. The first kappa shape index (κ1) is 61.7. The second-order valence-corrected chi connectivity index (χ2v) is 24.4. The Hall–Kier alpha value is -6.95. The number of fused-ring (bicyclic) bond motifs is 2. The average Bonchev–Trinajstić information content (AvgIpc) is 3.97. The van der Waals surface area contributed by atoms with Crippen molar-refractivity contribution in [3.63, 3.8) is 0 Å². The maximum atomic E-state index is 14.9. The van der Waals surface area contributed by atoms with Gasteiger partial charge in [-0.05, 0) is 136 Å². The molecule has 1 saturated heterocycles. The van der Waals surface area contributed by atoms with Crippen LogP contribution in [0.3, 0.4) is 0 Å². The van der Waals surface area contributed by atoms with Gasteiger partial charge in [0.1, 0.15) is 29.9 Å². The van der Waals surface area contributed by atoms with Crippen molar-refractivity contribution in [2.75, 3.05) is 20.6 Å². The number of allylic oxidation sites excluding steroid dienone is 4. The second kappa shape index (κ2) is 27.2. The number of ether oxygens (including phenoxy) is 2. The number of nitrogens with one attached hydrogen (secondary N) is 6. The number of carbonyl (C=O) groups excluding carboxylic acids is 7. The molecular weight excluding hydrogens is 1020 g/mol. The second-order valence-electron chi connectivity index (χ2n) is 24.4. The van der Waals surface area contributed by atoms with E-state index in [1.165, 1.54) is 5.56 Å². The van der Waals surface area contributed by atoms with Crippen molar-refractivity contribution in [2.24, 2.45) is 10.8 Å². The molecule has 17 nitrogen and oxygen atoms in total. The number of aryl methyl sites for hydroxylation is 1. The summed E-state index contributed by atoms with van der Waals surface area (Å²) in [7, 11) is 3.35. The minimum absolute atomic E-state index is 0.0343. The molecule has 0 spiro atoms. The fourth-order valence-electron chi connectivity index (χ4n) is 10.9. The Morgan fingerprint density at radius 3 is 1.99 bits per heavy atom. The summed E-state index contributed by atoms with van der Waals surface area (Å²) in [6, 6.07) is 15.1. The molecule has 3 aromatic rings. The average molecular weight is 1110 g/mol. The fourth-order valence-corrected chi connectivity index (χ4v) is 10.9. The molecule has 81 heavy (non-hydrogen) atoms. The quantitative estimate of drug-likeness (QED) is 0.0608. The number of hydrogen-bond acceptors (Lipinski definition) is 11. The third kappa shape index (κ3) is 16.0. The number of nitrogens with zero attached hydrogens (tertiary/aromatic N) is 2. The molecule has 6 amide bonds. The van der Waals surface area contributed by atoms with E-state index < -0.39 is 65.1 Å². The summed E-state index contributed by atoms with van der Waals surface area (Å²) in [6.45, 7) is 19.1. The van der Waals surface area contributed by atoms with E-state index in [1.807, 2.05) is 90.1 Å². The van der Waals surface area contributed by atoms with Crippen LogP contribution in [-0.4, -0.2) is 120 Å². The summed E-state index contributed by atoms with van der Waals surface area (Å²) in [4.78, 5) is 102. The monoisotopic (exact) mass is 1110 g/mol. The zero-order valence-corrected chi connectivity index (χ0v) is 49.1. The van der Waals surface area contributed by atoms with Crippen LogP contribution in [0.1, 0.15) is 145 Å². The summed E-state index contributed by atoms with van der Waals surface area (Å²) >= 11 is 0. The molecule has 7 rings (SSSR count). The van der Waals surface area contributed by atoms with Crippen molar-refractivity contribution in [1.82, 2.24) is 41.7 Å². The maximum absolute atomic E-state index is 14.9. The van der Waals surface area contributed by atoms with Gasteiger partial charge in [-0.15, -0.1) is 0 Å². The Morgan fingerprint density at radius 2 is 1.33 bits per heavy atom. The van der Waals surface area contributed by atoms with Crippen molar-refractivity contribution in [3.05, 3.63) is 137 Å². The van der Waals surface area contributed by atoms with E-state index in [-0.39, 0.29) is 85.5 Å². The highest BCUT2D eigenvalue weighted by Crippen LogP contribution is 2.34. The summed E-state index contributed by atoms with van der Waals surface area (Å²) < 4.78 is 12.4. The molecule has 9 atom stereocenters. The summed E-state index contributed by atoms with van der Waals surface area (Å²) in [5.74, 6) is -2.35. The Balaban J connectivity index is 1.05. The lowest BCUT2D eigenvalue weighted by molar-refractivity contribution is -0.147. The largest absolute Gasteiger partial charge is 0.423 e. The lowest BCUT2D eigenvalue weighted by Gasteiger charge is -2.41. The van der Waals surface area contributed by atoms with Gasteiger partial charge in [0.05, 0.1) is 36.4 Å². The van der Waals surface area contributed by atoms with E-state index in [9.17, 15) is 33.6 Å². The third-order valence-corrected chi connectivity index (χ3v) is 16.2. The molecule has 6 N–H and O–H groups in total. The van der Waals surface area contributed by atoms with Crippen molar-refractivity contribution in [3.8, 4) is 5.75 Å². The smallest absolute Gasteiger partial charge is 0.343 e. The molecule has 2 aliphatic heterocycles. The number of carbonyl (C=O) groups is 7. The first-order valence-electron chi connectivity index (χ1n) is 28.8. The molecular formula is C64H86N8O9. The number of amides is 6. The SMILES string of the molecule is C=C1/C=C\C=C/C[C@H](NC(=O)[C@@H]2C[C@H](OCc3ccc(C(=O)Oc4ccc5c(c4)CN(C(=O)[C@@H](NC(=O)[C@H](C)NC)C(C)(C)C)[C@H](C(=O)N[C@@H]4CCCc6ccccc64)C5)cc3)CN2C(=O)[C@@H](NC(=O)[C@H](C)NC)C(C)(C)C)CCC1. The molecule has 0 radical (unpaired) electrons. The van der Waals surface area contributed by atoms with E-state index in [0.717, 1.165) is 60.8 Å². The molecule has 0 bridgehead atoms. The molecule has 0 aromatic heterocycles. The van der Waals surface area contributed by atoms with Gasteiger partial charge in [0.15, 0.2) is 0 Å². The summed E-state index contributed by atoms with van der Waals surface area (Å²) in [6.07, 6.45) is 13.5. The minimum Gasteiger partial charge on any atom is -0.423 e. The van der Waals surface area contributed by atoms with E-state index in [1.54, 1.807) is 74.1 Å². The highest BCUT2D eigenvalue weighted by atomic mass is 16.5. The van der Waals surface area contributed by atoms with Crippen LogP contribution in [0, 0.1) is 10.8 Å². The van der Waals surface area contributed by atoms with Gasteiger partial charge in [0, 0.05) is 32.0 Å². The molecule has 2 heterocycles.